The van der Waals surface area contributed by atoms with Crippen LogP contribution in [0.2, 0.25) is 0 Å². The summed E-state index contributed by atoms with van der Waals surface area (Å²) in [7, 11) is 0. The Balaban J connectivity index is 2.29. The van der Waals surface area contributed by atoms with E-state index in [9.17, 15) is 4.79 Å². The van der Waals surface area contributed by atoms with E-state index in [2.05, 4.69) is 15.9 Å². The number of carbonyl (C=O) groups excluding carboxylic acids is 1. The molecule has 0 unspecified atom stereocenters. The molecule has 0 atom stereocenters. The highest BCUT2D eigenvalue weighted by molar-refractivity contribution is 9.09. The van der Waals surface area contributed by atoms with Crippen LogP contribution >= 0.6 is 15.9 Å². The van der Waals surface area contributed by atoms with E-state index in [1.807, 2.05) is 6.08 Å². The van der Waals surface area contributed by atoms with Crippen LogP contribution in [0.5, 0.6) is 0 Å². The van der Waals surface area contributed by atoms with Crippen molar-refractivity contribution in [1.82, 2.24) is 0 Å². The van der Waals surface area contributed by atoms with Gasteiger partial charge in [0.1, 0.15) is 6.61 Å². The zero-order chi connectivity index (χ0) is 8.10. The van der Waals surface area contributed by atoms with Crippen LogP contribution < -0.4 is 0 Å². The Bertz CT molecular complexity index is 175. The SMILES string of the molecule is O=C(OCCBr)C1=CCCC1. The topological polar surface area (TPSA) is 26.3 Å². The maximum absolute atomic E-state index is 11.1. The average molecular weight is 219 g/mol. The Morgan fingerprint density at radius 3 is 3.09 bits per heavy atom. The number of rotatable bonds is 3. The summed E-state index contributed by atoms with van der Waals surface area (Å²) in [5.74, 6) is -0.137. The van der Waals surface area contributed by atoms with Crippen molar-refractivity contribution in [1.29, 1.82) is 0 Å². The molecule has 0 bridgehead atoms. The number of esters is 1. The Morgan fingerprint density at radius 1 is 1.73 bits per heavy atom. The molecule has 11 heavy (non-hydrogen) atoms. The van der Waals surface area contributed by atoms with Crippen LogP contribution in [0.4, 0.5) is 0 Å². The molecule has 0 amide bonds. The van der Waals surface area contributed by atoms with Gasteiger partial charge in [0.15, 0.2) is 0 Å². The molecule has 1 rings (SSSR count). The second kappa shape index (κ2) is 4.54. The highest BCUT2D eigenvalue weighted by Gasteiger charge is 2.13. The number of hydrogen-bond acceptors (Lipinski definition) is 2. The zero-order valence-corrected chi connectivity index (χ0v) is 7.89. The average Bonchev–Trinajstić information content (AvgIpc) is 2.52. The highest BCUT2D eigenvalue weighted by Crippen LogP contribution is 2.18. The quantitative estimate of drug-likeness (QED) is 0.536. The summed E-state index contributed by atoms with van der Waals surface area (Å²) in [5, 5.41) is 0.714. The fourth-order valence-corrected chi connectivity index (χ4v) is 1.24. The van der Waals surface area contributed by atoms with E-state index in [1.54, 1.807) is 0 Å². The van der Waals surface area contributed by atoms with Gasteiger partial charge in [-0.2, -0.15) is 0 Å². The van der Waals surface area contributed by atoms with Crippen LogP contribution in [0.25, 0.3) is 0 Å². The number of allylic oxidation sites excluding steroid dienone is 1. The second-order valence-corrected chi connectivity index (χ2v) is 3.24. The first-order valence-electron chi connectivity index (χ1n) is 3.76. The largest absolute Gasteiger partial charge is 0.461 e. The van der Waals surface area contributed by atoms with Crippen molar-refractivity contribution in [3.8, 4) is 0 Å². The van der Waals surface area contributed by atoms with Gasteiger partial charge in [-0.15, -0.1) is 0 Å². The molecule has 1 aliphatic carbocycles. The summed E-state index contributed by atoms with van der Waals surface area (Å²) in [5.41, 5.74) is 0.853. The minimum absolute atomic E-state index is 0.137. The molecule has 0 aliphatic heterocycles. The standard InChI is InChI=1S/C8H11BrO2/c9-5-6-11-8(10)7-3-1-2-4-7/h3H,1-2,4-6H2. The van der Waals surface area contributed by atoms with Gasteiger partial charge in [0.05, 0.1) is 0 Å². The molecule has 0 heterocycles. The van der Waals surface area contributed by atoms with Crippen LogP contribution in [-0.2, 0) is 9.53 Å². The fourth-order valence-electron chi connectivity index (χ4n) is 1.08. The molecular weight excluding hydrogens is 208 g/mol. The van der Waals surface area contributed by atoms with Gasteiger partial charge in [-0.25, -0.2) is 4.79 Å². The molecular formula is C8H11BrO2. The van der Waals surface area contributed by atoms with E-state index in [4.69, 9.17) is 4.74 Å². The van der Waals surface area contributed by atoms with E-state index in [-0.39, 0.29) is 5.97 Å². The highest BCUT2D eigenvalue weighted by atomic mass is 79.9. The Kier molecular flexibility index (Phi) is 3.63. The van der Waals surface area contributed by atoms with Crippen molar-refractivity contribution in [2.45, 2.75) is 19.3 Å². The third-order valence-electron chi connectivity index (χ3n) is 1.61. The lowest BCUT2D eigenvalue weighted by molar-refractivity contribution is -0.138. The van der Waals surface area contributed by atoms with Crippen molar-refractivity contribution in [3.63, 3.8) is 0 Å². The summed E-state index contributed by atoms with van der Waals surface area (Å²) in [6.07, 6.45) is 4.98. The van der Waals surface area contributed by atoms with Crippen molar-refractivity contribution in [2.75, 3.05) is 11.9 Å². The van der Waals surface area contributed by atoms with Crippen LogP contribution in [0.1, 0.15) is 19.3 Å². The van der Waals surface area contributed by atoms with Crippen LogP contribution in [0.3, 0.4) is 0 Å². The molecule has 1 aliphatic rings. The zero-order valence-electron chi connectivity index (χ0n) is 6.31. The van der Waals surface area contributed by atoms with Gasteiger partial charge in [0.25, 0.3) is 0 Å². The molecule has 2 nitrogen and oxygen atoms in total. The molecule has 0 N–H and O–H groups in total. The number of hydrogen-bond donors (Lipinski definition) is 0. The predicted molar refractivity (Wildman–Crippen MR) is 46.7 cm³/mol. The van der Waals surface area contributed by atoms with Crippen LogP contribution in [0.15, 0.2) is 11.6 Å². The molecule has 0 aromatic rings. The van der Waals surface area contributed by atoms with E-state index in [1.165, 1.54) is 0 Å². The summed E-state index contributed by atoms with van der Waals surface area (Å²) < 4.78 is 4.92. The van der Waals surface area contributed by atoms with E-state index in [0.29, 0.717) is 11.9 Å². The first kappa shape index (κ1) is 8.78. The van der Waals surface area contributed by atoms with Crippen molar-refractivity contribution < 1.29 is 9.53 Å². The molecule has 62 valence electrons. The van der Waals surface area contributed by atoms with Gasteiger partial charge in [0, 0.05) is 10.9 Å². The van der Waals surface area contributed by atoms with Crippen molar-refractivity contribution >= 4 is 21.9 Å². The van der Waals surface area contributed by atoms with Gasteiger partial charge in [-0.3, -0.25) is 0 Å². The monoisotopic (exact) mass is 218 g/mol. The van der Waals surface area contributed by atoms with Crippen LogP contribution in [0, 0.1) is 0 Å². The molecule has 3 heteroatoms. The van der Waals surface area contributed by atoms with Gasteiger partial charge in [0.2, 0.25) is 0 Å². The molecule has 0 fully saturated rings. The molecule has 0 aromatic heterocycles. The van der Waals surface area contributed by atoms with Crippen LogP contribution in [-0.4, -0.2) is 17.9 Å². The molecule has 0 saturated carbocycles. The number of ether oxygens (including phenoxy) is 1. The van der Waals surface area contributed by atoms with E-state index in [0.717, 1.165) is 24.8 Å². The molecule has 0 aromatic carbocycles. The third kappa shape index (κ3) is 2.66. The normalized spacial score (nSPS) is 16.3. The predicted octanol–water partition coefficient (Wildman–Crippen LogP) is 2.03. The third-order valence-corrected chi connectivity index (χ3v) is 1.94. The fraction of sp³-hybridized carbons (Fsp3) is 0.625. The van der Waals surface area contributed by atoms with Gasteiger partial charge >= 0.3 is 5.97 Å². The van der Waals surface area contributed by atoms with Crippen molar-refractivity contribution in [2.24, 2.45) is 0 Å². The van der Waals surface area contributed by atoms with E-state index >= 15 is 0 Å². The van der Waals surface area contributed by atoms with Gasteiger partial charge in [-0.05, 0) is 19.3 Å². The van der Waals surface area contributed by atoms with Gasteiger partial charge in [-0.1, -0.05) is 22.0 Å². The molecule has 0 spiro atoms. The first-order valence-corrected chi connectivity index (χ1v) is 4.89. The van der Waals surface area contributed by atoms with Gasteiger partial charge < -0.3 is 4.74 Å². The minimum atomic E-state index is -0.137. The summed E-state index contributed by atoms with van der Waals surface area (Å²) >= 11 is 3.19. The first-order chi connectivity index (χ1) is 5.34. The Labute approximate surface area is 74.7 Å². The van der Waals surface area contributed by atoms with Crippen molar-refractivity contribution in [3.05, 3.63) is 11.6 Å². The summed E-state index contributed by atoms with van der Waals surface area (Å²) in [6, 6.07) is 0. The Hall–Kier alpha value is -0.310. The smallest absolute Gasteiger partial charge is 0.333 e. The summed E-state index contributed by atoms with van der Waals surface area (Å²) in [6.45, 7) is 0.468. The lowest BCUT2D eigenvalue weighted by Crippen LogP contribution is -2.07. The maximum atomic E-state index is 11.1. The number of halogens is 1. The lowest BCUT2D eigenvalue weighted by atomic mass is 10.2. The maximum Gasteiger partial charge on any atom is 0.333 e. The second-order valence-electron chi connectivity index (χ2n) is 2.45. The lowest BCUT2D eigenvalue weighted by Gasteiger charge is -2.01. The van der Waals surface area contributed by atoms with E-state index < -0.39 is 0 Å². The number of carbonyl (C=O) groups is 1. The molecule has 0 saturated heterocycles. The summed E-state index contributed by atoms with van der Waals surface area (Å²) in [4.78, 5) is 11.1. The number of alkyl halides is 1. The minimum Gasteiger partial charge on any atom is -0.461 e. The molecule has 0 radical (unpaired) electrons. The Morgan fingerprint density at radius 2 is 2.55 bits per heavy atom.